The maximum atomic E-state index is 13.2. The van der Waals surface area contributed by atoms with Crippen LogP contribution >= 0.6 is 15.9 Å². The highest BCUT2D eigenvalue weighted by Crippen LogP contribution is 2.24. The molecule has 1 saturated heterocycles. The predicted octanol–water partition coefficient (Wildman–Crippen LogP) is 4.28. The number of ether oxygens (including phenoxy) is 1. The van der Waals surface area contributed by atoms with Gasteiger partial charge in [-0.1, -0.05) is 51.4 Å². The number of rotatable bonds is 6. The minimum atomic E-state index is 0.00730. The zero-order valence-electron chi connectivity index (χ0n) is 16.9. The molecule has 3 aromatic rings. The van der Waals surface area contributed by atoms with Crippen LogP contribution < -0.4 is 4.74 Å². The van der Waals surface area contributed by atoms with E-state index in [1.54, 1.807) is 0 Å². The molecule has 0 aliphatic carbocycles. The molecule has 1 aliphatic rings. The van der Waals surface area contributed by atoms with Crippen LogP contribution in [0.4, 0.5) is 0 Å². The fourth-order valence-corrected chi connectivity index (χ4v) is 3.93. The highest BCUT2D eigenvalue weighted by Gasteiger charge is 2.25. The van der Waals surface area contributed by atoms with Crippen molar-refractivity contribution >= 4 is 21.8 Å². The number of hydrogen-bond donors (Lipinski definition) is 0. The van der Waals surface area contributed by atoms with E-state index in [2.05, 4.69) is 26.0 Å². The third kappa shape index (κ3) is 4.91. The van der Waals surface area contributed by atoms with Crippen LogP contribution in [0.5, 0.6) is 5.75 Å². The number of halogens is 1. The molecule has 0 atom stereocenters. The lowest BCUT2D eigenvalue weighted by Crippen LogP contribution is -2.48. The first kappa shape index (κ1) is 20.6. The Balaban J connectivity index is 1.37. The Bertz CT molecular complexity index is 1010. The maximum absolute atomic E-state index is 13.2. The first-order valence-electron chi connectivity index (χ1n) is 9.99. The van der Waals surface area contributed by atoms with E-state index in [-0.39, 0.29) is 5.91 Å². The van der Waals surface area contributed by atoms with Crippen molar-refractivity contribution in [3.05, 3.63) is 81.7 Å². The van der Waals surface area contributed by atoms with E-state index >= 15 is 0 Å². The minimum Gasteiger partial charge on any atom is -0.488 e. The van der Waals surface area contributed by atoms with Crippen molar-refractivity contribution < 1.29 is 14.1 Å². The zero-order chi connectivity index (χ0) is 20.9. The molecule has 0 unspecified atom stereocenters. The molecule has 4 rings (SSSR count). The second kappa shape index (κ2) is 9.45. The zero-order valence-corrected chi connectivity index (χ0v) is 18.5. The summed E-state index contributed by atoms with van der Waals surface area (Å²) in [5.41, 5.74) is 2.53. The van der Waals surface area contributed by atoms with Crippen LogP contribution in [-0.2, 0) is 13.2 Å². The summed E-state index contributed by atoms with van der Waals surface area (Å²) in [5.74, 6) is 1.48. The Morgan fingerprint density at radius 3 is 2.57 bits per heavy atom. The van der Waals surface area contributed by atoms with Gasteiger partial charge in [-0.05, 0) is 25.1 Å². The Labute approximate surface area is 184 Å². The number of benzene rings is 2. The number of piperazine rings is 1. The fraction of sp³-hybridized carbons (Fsp3) is 0.304. The van der Waals surface area contributed by atoms with Gasteiger partial charge in [0.2, 0.25) is 0 Å². The van der Waals surface area contributed by atoms with Gasteiger partial charge < -0.3 is 14.2 Å². The molecule has 156 valence electrons. The quantitative estimate of drug-likeness (QED) is 0.538. The van der Waals surface area contributed by atoms with Crippen molar-refractivity contribution in [1.29, 1.82) is 0 Å². The van der Waals surface area contributed by atoms with Gasteiger partial charge in [-0.2, -0.15) is 0 Å². The number of carbonyl (C=O) groups is 1. The summed E-state index contributed by atoms with van der Waals surface area (Å²) in [7, 11) is 0. The smallest absolute Gasteiger partial charge is 0.257 e. The van der Waals surface area contributed by atoms with E-state index < -0.39 is 0 Å². The lowest BCUT2D eigenvalue weighted by Gasteiger charge is -2.34. The van der Waals surface area contributed by atoms with Crippen LogP contribution in [0.2, 0.25) is 0 Å². The van der Waals surface area contributed by atoms with Crippen LogP contribution in [0.25, 0.3) is 0 Å². The first-order chi connectivity index (χ1) is 14.6. The van der Waals surface area contributed by atoms with E-state index in [9.17, 15) is 4.79 Å². The van der Waals surface area contributed by atoms with Gasteiger partial charge in [-0.25, -0.2) is 0 Å². The monoisotopic (exact) mass is 469 g/mol. The van der Waals surface area contributed by atoms with Gasteiger partial charge in [-0.15, -0.1) is 0 Å². The molecule has 0 N–H and O–H groups in total. The molecular formula is C23H24BrN3O3. The van der Waals surface area contributed by atoms with Crippen LogP contribution in [-0.4, -0.2) is 47.0 Å². The Morgan fingerprint density at radius 1 is 1.10 bits per heavy atom. The van der Waals surface area contributed by atoms with Gasteiger partial charge in [0.25, 0.3) is 5.91 Å². The van der Waals surface area contributed by atoms with Gasteiger partial charge in [0.15, 0.2) is 5.76 Å². The van der Waals surface area contributed by atoms with E-state index in [0.717, 1.165) is 34.6 Å². The highest BCUT2D eigenvalue weighted by molar-refractivity contribution is 9.10. The Morgan fingerprint density at radius 2 is 1.83 bits per heavy atom. The molecule has 0 radical (unpaired) electrons. The van der Waals surface area contributed by atoms with Crippen molar-refractivity contribution in [1.82, 2.24) is 15.0 Å². The molecule has 1 aromatic heterocycles. The number of nitrogens with zero attached hydrogens (tertiary/aromatic N) is 3. The summed E-state index contributed by atoms with van der Waals surface area (Å²) in [6.45, 7) is 5.97. The van der Waals surface area contributed by atoms with E-state index in [1.165, 1.54) is 0 Å². The molecule has 2 aromatic carbocycles. The maximum Gasteiger partial charge on any atom is 0.257 e. The van der Waals surface area contributed by atoms with Gasteiger partial charge in [-0.3, -0.25) is 9.69 Å². The lowest BCUT2D eigenvalue weighted by atomic mass is 10.1. The molecule has 6 nitrogen and oxygen atoms in total. The summed E-state index contributed by atoms with van der Waals surface area (Å²) in [5, 5.41) is 3.94. The van der Waals surface area contributed by atoms with E-state index in [1.807, 2.05) is 66.4 Å². The van der Waals surface area contributed by atoms with Crippen molar-refractivity contribution in [3.63, 3.8) is 0 Å². The third-order valence-corrected chi connectivity index (χ3v) is 5.95. The van der Waals surface area contributed by atoms with Gasteiger partial charge in [0, 0.05) is 42.3 Å². The van der Waals surface area contributed by atoms with Gasteiger partial charge in [0.1, 0.15) is 12.4 Å². The third-order valence-electron chi connectivity index (χ3n) is 5.17. The Hall–Kier alpha value is -2.64. The van der Waals surface area contributed by atoms with Gasteiger partial charge in [0.05, 0.1) is 17.8 Å². The minimum absolute atomic E-state index is 0.00730. The number of aromatic nitrogens is 1. The number of para-hydroxylation sites is 1. The summed E-state index contributed by atoms with van der Waals surface area (Å²) in [6.07, 6.45) is 0. The second-order valence-electron chi connectivity index (χ2n) is 7.38. The number of carbonyl (C=O) groups excluding carboxylic acids is 1. The Kier molecular flexibility index (Phi) is 6.50. The summed E-state index contributed by atoms with van der Waals surface area (Å²) >= 11 is 3.54. The number of hydrogen-bond acceptors (Lipinski definition) is 5. The molecule has 1 amide bonds. The van der Waals surface area contributed by atoms with Crippen molar-refractivity contribution in [2.45, 2.75) is 20.1 Å². The number of amides is 1. The molecule has 2 heterocycles. The van der Waals surface area contributed by atoms with Gasteiger partial charge >= 0.3 is 0 Å². The van der Waals surface area contributed by atoms with E-state index in [4.69, 9.17) is 9.26 Å². The molecule has 0 bridgehead atoms. The molecule has 7 heteroatoms. The normalized spacial score (nSPS) is 14.7. The van der Waals surface area contributed by atoms with Crippen molar-refractivity contribution in [3.8, 4) is 5.75 Å². The average Bonchev–Trinajstić information content (AvgIpc) is 3.18. The molecule has 1 fully saturated rings. The molecule has 1 aliphatic heterocycles. The van der Waals surface area contributed by atoms with Crippen molar-refractivity contribution in [2.75, 3.05) is 26.2 Å². The van der Waals surface area contributed by atoms with E-state index in [0.29, 0.717) is 37.6 Å². The molecule has 0 spiro atoms. The molecule has 0 saturated carbocycles. The van der Waals surface area contributed by atoms with Crippen LogP contribution in [0.1, 0.15) is 27.4 Å². The SMILES string of the molecule is Cc1cc(CN2CCN(C(=O)c3ccccc3OCc3ccccc3Br)CC2)on1. The van der Waals surface area contributed by atoms with Crippen LogP contribution in [0.3, 0.4) is 0 Å². The first-order valence-corrected chi connectivity index (χ1v) is 10.8. The summed E-state index contributed by atoms with van der Waals surface area (Å²) < 4.78 is 12.3. The lowest BCUT2D eigenvalue weighted by molar-refractivity contribution is 0.0613. The average molecular weight is 470 g/mol. The molecular weight excluding hydrogens is 446 g/mol. The number of aryl methyl sites for hydroxylation is 1. The second-order valence-corrected chi connectivity index (χ2v) is 8.23. The topological polar surface area (TPSA) is 58.8 Å². The largest absolute Gasteiger partial charge is 0.488 e. The van der Waals surface area contributed by atoms with Crippen molar-refractivity contribution in [2.24, 2.45) is 0 Å². The molecule has 30 heavy (non-hydrogen) atoms. The summed E-state index contributed by atoms with van der Waals surface area (Å²) in [6, 6.07) is 17.3. The predicted molar refractivity (Wildman–Crippen MR) is 117 cm³/mol. The summed E-state index contributed by atoms with van der Waals surface area (Å²) in [4.78, 5) is 17.3. The fourth-order valence-electron chi connectivity index (χ4n) is 3.53. The highest BCUT2D eigenvalue weighted by atomic mass is 79.9. The standard InChI is InChI=1S/C23H24BrN3O3/c1-17-14-19(30-25-17)15-26-10-12-27(13-11-26)23(28)20-7-3-5-9-22(20)29-16-18-6-2-4-8-21(18)24/h2-9,14H,10-13,15-16H2,1H3. The van der Waals surface area contributed by atoms with Crippen LogP contribution in [0, 0.1) is 6.92 Å². The van der Waals surface area contributed by atoms with Crippen LogP contribution in [0.15, 0.2) is 63.6 Å².